The zero-order valence-electron chi connectivity index (χ0n) is 11.2. The Hall–Kier alpha value is -3.04. The van der Waals surface area contributed by atoms with Crippen LogP contribution in [0, 0.1) is 23.3 Å². The Morgan fingerprint density at radius 2 is 1.74 bits per heavy atom. The summed E-state index contributed by atoms with van der Waals surface area (Å²) in [6.45, 7) is -1.00. The molecule has 0 aliphatic rings. The molecule has 1 aromatic carbocycles. The highest BCUT2D eigenvalue weighted by atomic mass is 19.2. The van der Waals surface area contributed by atoms with Gasteiger partial charge in [0.05, 0.1) is 6.26 Å². The van der Waals surface area contributed by atoms with Crippen molar-refractivity contribution in [2.24, 2.45) is 0 Å². The lowest BCUT2D eigenvalue weighted by Crippen LogP contribution is -2.43. The number of ether oxygens (including phenoxy) is 1. The highest BCUT2D eigenvalue weighted by Gasteiger charge is 2.21. The lowest BCUT2D eigenvalue weighted by Gasteiger charge is -2.10. The maximum absolute atomic E-state index is 13.3. The fourth-order valence-corrected chi connectivity index (χ4v) is 1.45. The third kappa shape index (κ3) is 3.78. The molecule has 0 saturated carbocycles. The predicted molar refractivity (Wildman–Crippen MR) is 66.1 cm³/mol. The number of nitrogens with one attached hydrogen (secondary N) is 2. The molecule has 0 unspecified atom stereocenters. The first-order valence-corrected chi connectivity index (χ1v) is 5.98. The van der Waals surface area contributed by atoms with Crippen molar-refractivity contribution in [3.8, 4) is 5.75 Å². The van der Waals surface area contributed by atoms with Crippen LogP contribution in [0.2, 0.25) is 0 Å². The quantitative estimate of drug-likeness (QED) is 0.507. The third-order valence-electron chi connectivity index (χ3n) is 2.48. The van der Waals surface area contributed by atoms with Crippen molar-refractivity contribution in [2.75, 3.05) is 6.61 Å². The number of carbonyl (C=O) groups is 2. The van der Waals surface area contributed by atoms with E-state index in [1.807, 2.05) is 10.9 Å². The van der Waals surface area contributed by atoms with Crippen molar-refractivity contribution < 1.29 is 36.3 Å². The lowest BCUT2D eigenvalue weighted by molar-refractivity contribution is -0.123. The zero-order valence-corrected chi connectivity index (χ0v) is 11.2. The summed E-state index contributed by atoms with van der Waals surface area (Å²) in [4.78, 5) is 22.8. The fourth-order valence-electron chi connectivity index (χ4n) is 1.45. The summed E-state index contributed by atoms with van der Waals surface area (Å²) in [5.41, 5.74) is 3.78. The average Bonchev–Trinajstić information content (AvgIpc) is 3.05. The van der Waals surface area contributed by atoms with Crippen LogP contribution in [0.15, 0.2) is 28.9 Å². The molecule has 0 fully saturated rings. The van der Waals surface area contributed by atoms with Gasteiger partial charge in [0.15, 0.2) is 29.8 Å². The van der Waals surface area contributed by atoms with E-state index in [0.29, 0.717) is 0 Å². The van der Waals surface area contributed by atoms with Crippen LogP contribution in [-0.4, -0.2) is 18.4 Å². The topological polar surface area (TPSA) is 80.6 Å². The highest BCUT2D eigenvalue weighted by molar-refractivity contribution is 5.92. The van der Waals surface area contributed by atoms with Gasteiger partial charge in [0, 0.05) is 6.07 Å². The Labute approximate surface area is 126 Å². The van der Waals surface area contributed by atoms with Crippen molar-refractivity contribution in [2.45, 2.75) is 0 Å². The van der Waals surface area contributed by atoms with Gasteiger partial charge in [-0.3, -0.25) is 20.4 Å². The number of carbonyl (C=O) groups excluding carboxylic acids is 2. The zero-order chi connectivity index (χ0) is 17.0. The number of hydrogen-bond acceptors (Lipinski definition) is 4. The van der Waals surface area contributed by atoms with E-state index in [1.54, 1.807) is 0 Å². The molecule has 0 radical (unpaired) electrons. The first-order chi connectivity index (χ1) is 10.9. The first-order valence-electron chi connectivity index (χ1n) is 5.98. The second kappa shape index (κ2) is 6.81. The number of benzene rings is 1. The van der Waals surface area contributed by atoms with Crippen molar-refractivity contribution in [1.82, 2.24) is 10.9 Å². The van der Waals surface area contributed by atoms with Gasteiger partial charge in [-0.15, -0.1) is 0 Å². The van der Waals surface area contributed by atoms with Gasteiger partial charge in [-0.05, 0) is 12.1 Å². The maximum atomic E-state index is 13.3. The van der Waals surface area contributed by atoms with Crippen LogP contribution in [0.3, 0.4) is 0 Å². The monoisotopic (exact) mass is 332 g/mol. The Balaban J connectivity index is 1.91. The van der Waals surface area contributed by atoms with Crippen molar-refractivity contribution in [1.29, 1.82) is 0 Å². The van der Waals surface area contributed by atoms with Gasteiger partial charge in [-0.25, -0.2) is 8.78 Å². The molecule has 0 atom stereocenters. The molecule has 10 heteroatoms. The molecule has 2 amide bonds. The molecule has 122 valence electrons. The number of furan rings is 1. The predicted octanol–water partition coefficient (Wildman–Crippen LogP) is 1.68. The van der Waals surface area contributed by atoms with Crippen LogP contribution in [0.5, 0.6) is 5.75 Å². The minimum absolute atomic E-state index is 0.00117. The standard InChI is InChI=1S/C13H8F4N2O4/c14-6-4-7(15)11(17)12(10(6)16)23-5-9(20)18-19-13(21)8-2-1-3-22-8/h1-4H,5H2,(H,18,20)(H,19,21). The van der Waals surface area contributed by atoms with E-state index >= 15 is 0 Å². The summed E-state index contributed by atoms with van der Waals surface area (Å²) in [6, 6.07) is 2.75. The summed E-state index contributed by atoms with van der Waals surface area (Å²) in [7, 11) is 0. The van der Waals surface area contributed by atoms with Crippen LogP contribution in [-0.2, 0) is 4.79 Å². The van der Waals surface area contributed by atoms with E-state index in [9.17, 15) is 27.2 Å². The third-order valence-corrected chi connectivity index (χ3v) is 2.48. The summed E-state index contributed by atoms with van der Waals surface area (Å²) < 4.78 is 61.5. The lowest BCUT2D eigenvalue weighted by atomic mass is 10.3. The van der Waals surface area contributed by atoms with E-state index in [2.05, 4.69) is 4.74 Å². The molecule has 2 aromatic rings. The van der Waals surface area contributed by atoms with E-state index in [0.717, 1.165) is 0 Å². The molecule has 23 heavy (non-hydrogen) atoms. The van der Waals surface area contributed by atoms with Gasteiger partial charge in [0.25, 0.3) is 5.91 Å². The van der Waals surface area contributed by atoms with Crippen molar-refractivity contribution >= 4 is 11.8 Å². The van der Waals surface area contributed by atoms with Gasteiger partial charge in [-0.1, -0.05) is 0 Å². The second-order valence-electron chi connectivity index (χ2n) is 4.07. The Bertz CT molecular complexity index is 708. The molecule has 6 nitrogen and oxygen atoms in total. The van der Waals surface area contributed by atoms with E-state index < -0.39 is 47.4 Å². The van der Waals surface area contributed by atoms with Crippen LogP contribution in [0.4, 0.5) is 17.6 Å². The molecule has 0 spiro atoms. The second-order valence-corrected chi connectivity index (χ2v) is 4.07. The number of hydrazine groups is 1. The van der Waals surface area contributed by atoms with E-state index in [-0.39, 0.29) is 11.8 Å². The molecule has 2 rings (SSSR count). The molecular weight excluding hydrogens is 324 g/mol. The van der Waals surface area contributed by atoms with E-state index in [1.165, 1.54) is 18.4 Å². The van der Waals surface area contributed by atoms with E-state index in [4.69, 9.17) is 4.42 Å². The smallest absolute Gasteiger partial charge is 0.305 e. The normalized spacial score (nSPS) is 10.3. The van der Waals surface area contributed by atoms with Gasteiger partial charge >= 0.3 is 5.91 Å². The van der Waals surface area contributed by atoms with Gasteiger partial charge in [0.1, 0.15) is 0 Å². The number of hydrogen-bond donors (Lipinski definition) is 2. The summed E-state index contributed by atoms with van der Waals surface area (Å²) >= 11 is 0. The Kier molecular flexibility index (Phi) is 4.84. The first kappa shape index (κ1) is 16.3. The number of rotatable bonds is 4. The molecule has 0 aliphatic carbocycles. The van der Waals surface area contributed by atoms with Gasteiger partial charge in [0.2, 0.25) is 11.6 Å². The molecule has 0 bridgehead atoms. The molecule has 2 N–H and O–H groups in total. The largest absolute Gasteiger partial charge is 0.477 e. The van der Waals surface area contributed by atoms with Gasteiger partial charge < -0.3 is 9.15 Å². The highest BCUT2D eigenvalue weighted by Crippen LogP contribution is 2.26. The maximum Gasteiger partial charge on any atom is 0.305 e. The molecule has 0 saturated heterocycles. The molecular formula is C13H8F4N2O4. The molecule has 1 heterocycles. The van der Waals surface area contributed by atoms with Crippen molar-refractivity contribution in [3.05, 3.63) is 53.5 Å². The minimum atomic E-state index is -1.78. The van der Waals surface area contributed by atoms with Crippen LogP contribution >= 0.6 is 0 Å². The molecule has 0 aliphatic heterocycles. The fraction of sp³-hybridized carbons (Fsp3) is 0.0769. The molecule has 1 aromatic heterocycles. The van der Waals surface area contributed by atoms with Crippen LogP contribution in [0.25, 0.3) is 0 Å². The van der Waals surface area contributed by atoms with Crippen LogP contribution < -0.4 is 15.6 Å². The Morgan fingerprint density at radius 3 is 2.30 bits per heavy atom. The minimum Gasteiger partial charge on any atom is -0.477 e. The average molecular weight is 332 g/mol. The van der Waals surface area contributed by atoms with Crippen LogP contribution in [0.1, 0.15) is 10.6 Å². The number of halogens is 4. The Morgan fingerprint density at radius 1 is 1.09 bits per heavy atom. The SMILES string of the molecule is O=C(COc1c(F)c(F)cc(F)c1F)NNC(=O)c1ccco1. The summed E-state index contributed by atoms with van der Waals surface area (Å²) in [6.07, 6.45) is 1.23. The number of amides is 2. The summed E-state index contributed by atoms with van der Waals surface area (Å²) in [5.74, 6) is -10.2. The van der Waals surface area contributed by atoms with Crippen molar-refractivity contribution in [3.63, 3.8) is 0 Å². The summed E-state index contributed by atoms with van der Waals surface area (Å²) in [5, 5.41) is 0. The van der Waals surface area contributed by atoms with Gasteiger partial charge in [-0.2, -0.15) is 8.78 Å².